The van der Waals surface area contributed by atoms with E-state index in [0.717, 1.165) is 0 Å². The van der Waals surface area contributed by atoms with Crippen LogP contribution in [0, 0.1) is 0 Å². The fourth-order valence-electron chi connectivity index (χ4n) is 0.333. The molecule has 0 heterocycles. The van der Waals surface area contributed by atoms with Crippen LogP contribution < -0.4 is 0 Å². The summed E-state index contributed by atoms with van der Waals surface area (Å²) in [7, 11) is 1.52. The largest absolute Gasteiger partial charge is 0.368 e. The summed E-state index contributed by atoms with van der Waals surface area (Å²) >= 11 is 0. The average Bonchev–Trinajstić information content (AvgIpc) is 1.65. The van der Waals surface area contributed by atoms with Crippen LogP contribution in [0.25, 0.3) is 0 Å². The van der Waals surface area contributed by atoms with Crippen molar-refractivity contribution < 1.29 is 36.3 Å². The second-order valence-corrected chi connectivity index (χ2v) is 1.54. The molecule has 0 saturated carbocycles. The van der Waals surface area contributed by atoms with Crippen molar-refractivity contribution in [3.63, 3.8) is 0 Å². The summed E-state index contributed by atoms with van der Waals surface area (Å²) in [5.41, 5.74) is 0. The van der Waals surface area contributed by atoms with Crippen molar-refractivity contribution in [1.29, 1.82) is 0 Å². The second kappa shape index (κ2) is 6.71. The minimum Gasteiger partial charge on any atom is -0.368 e. The monoisotopic (exact) mass is 168 g/mol. The van der Waals surface area contributed by atoms with Crippen LogP contribution >= 0.6 is 0 Å². The summed E-state index contributed by atoms with van der Waals surface area (Å²) < 4.78 is 9.41. The van der Waals surface area contributed by atoms with Gasteiger partial charge in [-0.15, -0.1) is 0 Å². The third kappa shape index (κ3) is 8.59. The van der Waals surface area contributed by atoms with Gasteiger partial charge in [0.1, 0.15) is 0 Å². The SMILES string of the molecule is COC(C)OC(C)O.[Ti]. The van der Waals surface area contributed by atoms with E-state index >= 15 is 0 Å². The van der Waals surface area contributed by atoms with Gasteiger partial charge in [0.2, 0.25) is 0 Å². The number of aliphatic hydroxyl groups is 1. The van der Waals surface area contributed by atoms with Crippen LogP contribution in [0.2, 0.25) is 0 Å². The van der Waals surface area contributed by atoms with Gasteiger partial charge in [-0.2, -0.15) is 0 Å². The molecule has 2 atom stereocenters. The summed E-state index contributed by atoms with van der Waals surface area (Å²) in [5, 5.41) is 8.55. The van der Waals surface area contributed by atoms with Crippen LogP contribution in [-0.4, -0.2) is 24.8 Å². The zero-order chi connectivity index (χ0) is 6.57. The molecule has 4 heteroatoms. The van der Waals surface area contributed by atoms with Crippen molar-refractivity contribution in [2.45, 2.75) is 26.4 Å². The van der Waals surface area contributed by atoms with Gasteiger partial charge in [-0.3, -0.25) is 0 Å². The first-order valence-corrected chi connectivity index (χ1v) is 2.53. The molecule has 0 aliphatic rings. The summed E-state index contributed by atoms with van der Waals surface area (Å²) in [4.78, 5) is 0. The van der Waals surface area contributed by atoms with Gasteiger partial charge in [0.25, 0.3) is 0 Å². The Balaban J connectivity index is 0. The van der Waals surface area contributed by atoms with Crippen LogP contribution in [0.1, 0.15) is 13.8 Å². The Hall–Kier alpha value is 0.594. The zero-order valence-corrected chi connectivity index (χ0v) is 7.48. The van der Waals surface area contributed by atoms with E-state index in [1.165, 1.54) is 14.0 Å². The van der Waals surface area contributed by atoms with Gasteiger partial charge in [-0.1, -0.05) is 0 Å². The molecule has 0 radical (unpaired) electrons. The van der Waals surface area contributed by atoms with Crippen molar-refractivity contribution in [1.82, 2.24) is 0 Å². The first-order chi connectivity index (χ1) is 3.66. The van der Waals surface area contributed by atoms with E-state index in [1.807, 2.05) is 0 Å². The number of aliphatic hydroxyl groups excluding tert-OH is 1. The molecule has 0 aromatic carbocycles. The summed E-state index contributed by atoms with van der Waals surface area (Å²) in [5.74, 6) is 0. The van der Waals surface area contributed by atoms with Gasteiger partial charge in [-0.05, 0) is 13.8 Å². The van der Waals surface area contributed by atoms with Crippen LogP contribution in [0.5, 0.6) is 0 Å². The molecular formula is C5H12O3Ti. The molecule has 0 saturated heterocycles. The Morgan fingerprint density at radius 2 is 1.78 bits per heavy atom. The number of hydrogen-bond donors (Lipinski definition) is 1. The fraction of sp³-hybridized carbons (Fsp3) is 1.00. The minimum atomic E-state index is -0.745. The summed E-state index contributed by atoms with van der Waals surface area (Å²) in [6.45, 7) is 3.25. The number of rotatable bonds is 3. The van der Waals surface area contributed by atoms with Gasteiger partial charge in [0.05, 0.1) is 0 Å². The average molecular weight is 168 g/mol. The Morgan fingerprint density at radius 1 is 1.33 bits per heavy atom. The van der Waals surface area contributed by atoms with E-state index in [9.17, 15) is 0 Å². The van der Waals surface area contributed by atoms with Crippen LogP contribution in [0.15, 0.2) is 0 Å². The molecule has 0 aromatic rings. The molecule has 0 aromatic heterocycles. The van der Waals surface area contributed by atoms with Gasteiger partial charge in [0, 0.05) is 28.8 Å². The van der Waals surface area contributed by atoms with Crippen LogP contribution in [0.3, 0.4) is 0 Å². The molecule has 54 valence electrons. The van der Waals surface area contributed by atoms with E-state index in [-0.39, 0.29) is 28.0 Å². The fourth-order valence-corrected chi connectivity index (χ4v) is 0.333. The molecule has 0 aliphatic carbocycles. The van der Waals surface area contributed by atoms with E-state index in [4.69, 9.17) is 9.84 Å². The van der Waals surface area contributed by atoms with Crippen LogP contribution in [-0.2, 0) is 31.2 Å². The molecule has 3 nitrogen and oxygen atoms in total. The quantitative estimate of drug-likeness (QED) is 0.487. The van der Waals surface area contributed by atoms with E-state index < -0.39 is 6.29 Å². The maximum Gasteiger partial charge on any atom is 0.157 e. The van der Waals surface area contributed by atoms with Gasteiger partial charge in [0.15, 0.2) is 12.6 Å². The Labute approximate surface area is 70.2 Å². The Morgan fingerprint density at radius 3 is 1.89 bits per heavy atom. The van der Waals surface area contributed by atoms with Crippen molar-refractivity contribution in [2.24, 2.45) is 0 Å². The van der Waals surface area contributed by atoms with E-state index in [2.05, 4.69) is 4.74 Å². The normalized spacial score (nSPS) is 16.0. The molecule has 0 fully saturated rings. The third-order valence-electron chi connectivity index (χ3n) is 0.721. The standard InChI is InChI=1S/C5H12O3.Ti/c1-4(6)8-5(2)7-3;/h4-6H,1-3H3;. The molecule has 0 aliphatic heterocycles. The molecule has 9 heavy (non-hydrogen) atoms. The maximum atomic E-state index is 8.55. The minimum absolute atomic E-state index is 0. The second-order valence-electron chi connectivity index (χ2n) is 1.54. The third-order valence-corrected chi connectivity index (χ3v) is 0.721. The first kappa shape index (κ1) is 12.3. The molecule has 0 rings (SSSR count). The number of hydrogen-bond acceptors (Lipinski definition) is 3. The molecule has 0 spiro atoms. The maximum absolute atomic E-state index is 8.55. The molecule has 0 bridgehead atoms. The van der Waals surface area contributed by atoms with Crippen molar-refractivity contribution in [3.8, 4) is 0 Å². The van der Waals surface area contributed by atoms with E-state index in [0.29, 0.717) is 0 Å². The molecule has 0 amide bonds. The summed E-state index contributed by atoms with van der Waals surface area (Å²) in [6, 6.07) is 0. The smallest absolute Gasteiger partial charge is 0.157 e. The zero-order valence-electron chi connectivity index (χ0n) is 5.92. The van der Waals surface area contributed by atoms with E-state index in [1.54, 1.807) is 6.92 Å². The Bertz CT molecular complexity index is 58.2. The Kier molecular flexibility index (Phi) is 9.16. The molecule has 1 N–H and O–H groups in total. The topological polar surface area (TPSA) is 38.7 Å². The van der Waals surface area contributed by atoms with Gasteiger partial charge < -0.3 is 14.6 Å². The predicted molar refractivity (Wildman–Crippen MR) is 29.2 cm³/mol. The van der Waals surface area contributed by atoms with Gasteiger partial charge >= 0.3 is 0 Å². The van der Waals surface area contributed by atoms with Crippen molar-refractivity contribution >= 4 is 0 Å². The van der Waals surface area contributed by atoms with Crippen molar-refractivity contribution in [2.75, 3.05) is 7.11 Å². The molecular weight excluding hydrogens is 156 g/mol. The van der Waals surface area contributed by atoms with Gasteiger partial charge in [-0.25, -0.2) is 0 Å². The predicted octanol–water partition coefficient (Wildman–Crippen LogP) is 0.331. The first-order valence-electron chi connectivity index (χ1n) is 2.53. The summed E-state index contributed by atoms with van der Waals surface area (Å²) in [6.07, 6.45) is -1.07. The number of methoxy groups -OCH3 is 1. The van der Waals surface area contributed by atoms with Crippen LogP contribution in [0.4, 0.5) is 0 Å². The van der Waals surface area contributed by atoms with Crippen molar-refractivity contribution in [3.05, 3.63) is 0 Å². The number of ether oxygens (including phenoxy) is 2. The molecule has 2 unspecified atom stereocenters.